The third-order valence-electron chi connectivity index (χ3n) is 3.02. The molecule has 0 amide bonds. The van der Waals surface area contributed by atoms with E-state index in [-0.39, 0.29) is 24.5 Å². The van der Waals surface area contributed by atoms with Crippen LogP contribution in [0, 0.1) is 0 Å². The summed E-state index contributed by atoms with van der Waals surface area (Å²) in [7, 11) is 0. The van der Waals surface area contributed by atoms with Gasteiger partial charge in [-0.3, -0.25) is 0 Å². The molecule has 0 saturated heterocycles. The molecule has 114 valence electrons. The van der Waals surface area contributed by atoms with Crippen molar-refractivity contribution < 1.29 is 24.2 Å². The average Bonchev–Trinajstić information content (AvgIpc) is 2.51. The number of carbonyl (C=O) groups excluding carboxylic acids is 2. The molecule has 0 aromatic heterocycles. The van der Waals surface area contributed by atoms with Crippen molar-refractivity contribution in [3.8, 4) is 5.75 Å². The molecule has 0 radical (unpaired) electrons. The summed E-state index contributed by atoms with van der Waals surface area (Å²) in [6.07, 6.45) is 0. The average molecular weight is 300 g/mol. The number of aromatic hydroxyl groups is 1. The summed E-state index contributed by atoms with van der Waals surface area (Å²) in [5.74, 6) is -0.962. The topological polar surface area (TPSA) is 72.8 Å². The Bertz CT molecular complexity index is 733. The number of hydrogen-bond donors (Lipinski definition) is 1. The van der Waals surface area contributed by atoms with Crippen LogP contribution in [0.15, 0.2) is 48.6 Å². The van der Waals surface area contributed by atoms with Crippen LogP contribution in [0.25, 0.3) is 10.8 Å². The fourth-order valence-corrected chi connectivity index (χ4v) is 1.93. The van der Waals surface area contributed by atoms with E-state index in [2.05, 4.69) is 6.58 Å². The molecule has 0 saturated carbocycles. The highest BCUT2D eigenvalue weighted by Crippen LogP contribution is 2.27. The molecule has 5 nitrogen and oxygen atoms in total. The maximum Gasteiger partial charge on any atom is 0.338 e. The molecule has 1 N–H and O–H groups in total. The first-order valence-electron chi connectivity index (χ1n) is 6.71. The molecular formula is C17H16O5. The Morgan fingerprint density at radius 3 is 2.36 bits per heavy atom. The summed E-state index contributed by atoms with van der Waals surface area (Å²) in [4.78, 5) is 23.3. The van der Waals surface area contributed by atoms with Crippen LogP contribution in [-0.2, 0) is 14.3 Å². The Labute approximate surface area is 127 Å². The molecule has 0 atom stereocenters. The highest BCUT2D eigenvalue weighted by Gasteiger charge is 2.13. The molecule has 0 spiro atoms. The fourth-order valence-electron chi connectivity index (χ4n) is 1.93. The van der Waals surface area contributed by atoms with E-state index in [9.17, 15) is 14.7 Å². The van der Waals surface area contributed by atoms with E-state index < -0.39 is 11.9 Å². The lowest BCUT2D eigenvalue weighted by molar-refractivity contribution is -0.140. The van der Waals surface area contributed by atoms with E-state index in [1.54, 1.807) is 24.3 Å². The number of phenols is 1. The summed E-state index contributed by atoms with van der Waals surface area (Å²) in [5.41, 5.74) is 0.635. The van der Waals surface area contributed by atoms with Crippen LogP contribution in [0.4, 0.5) is 0 Å². The molecule has 2 rings (SSSR count). The Balaban J connectivity index is 2.03. The summed E-state index contributed by atoms with van der Waals surface area (Å²) < 4.78 is 9.92. The van der Waals surface area contributed by atoms with Gasteiger partial charge in [-0.25, -0.2) is 9.59 Å². The number of hydrogen-bond acceptors (Lipinski definition) is 5. The minimum atomic E-state index is -0.539. The van der Waals surface area contributed by atoms with Gasteiger partial charge in [0.2, 0.25) is 0 Å². The number of fused-ring (bicyclic) bond motifs is 1. The van der Waals surface area contributed by atoms with Crippen molar-refractivity contribution in [3.05, 3.63) is 54.1 Å². The molecule has 0 unspecified atom stereocenters. The fraction of sp³-hybridized carbons (Fsp3) is 0.176. The lowest BCUT2D eigenvalue weighted by Crippen LogP contribution is -2.14. The van der Waals surface area contributed by atoms with Crippen molar-refractivity contribution in [1.29, 1.82) is 0 Å². The van der Waals surface area contributed by atoms with E-state index in [0.29, 0.717) is 16.3 Å². The molecule has 0 aliphatic rings. The highest BCUT2D eigenvalue weighted by molar-refractivity contribution is 6.06. The van der Waals surface area contributed by atoms with Gasteiger partial charge in [-0.1, -0.05) is 30.8 Å². The van der Waals surface area contributed by atoms with Crippen molar-refractivity contribution in [2.45, 2.75) is 6.92 Å². The van der Waals surface area contributed by atoms with E-state index in [1.807, 2.05) is 0 Å². The van der Waals surface area contributed by atoms with Crippen LogP contribution < -0.4 is 0 Å². The molecule has 2 aromatic carbocycles. The van der Waals surface area contributed by atoms with Crippen molar-refractivity contribution in [1.82, 2.24) is 0 Å². The Hall–Kier alpha value is -2.82. The molecule has 5 heteroatoms. The molecule has 2 aromatic rings. The van der Waals surface area contributed by atoms with Crippen molar-refractivity contribution in [3.63, 3.8) is 0 Å². The van der Waals surface area contributed by atoms with Gasteiger partial charge in [0, 0.05) is 11.0 Å². The van der Waals surface area contributed by atoms with Crippen LogP contribution in [0.3, 0.4) is 0 Å². The monoisotopic (exact) mass is 300 g/mol. The number of benzene rings is 2. The van der Waals surface area contributed by atoms with Crippen molar-refractivity contribution >= 4 is 22.7 Å². The van der Waals surface area contributed by atoms with Crippen LogP contribution in [0.2, 0.25) is 0 Å². The first kappa shape index (κ1) is 15.6. The van der Waals surface area contributed by atoms with Crippen molar-refractivity contribution in [2.24, 2.45) is 0 Å². The molecular weight excluding hydrogens is 284 g/mol. The number of ether oxygens (including phenoxy) is 2. The van der Waals surface area contributed by atoms with Gasteiger partial charge in [-0.15, -0.1) is 0 Å². The lowest BCUT2D eigenvalue weighted by Gasteiger charge is -2.09. The first-order valence-corrected chi connectivity index (χ1v) is 6.71. The normalized spacial score (nSPS) is 10.2. The number of phenolic OH excluding ortho intramolecular Hbond substituents is 1. The van der Waals surface area contributed by atoms with Gasteiger partial charge in [0.1, 0.15) is 19.0 Å². The SMILES string of the molecule is C=C(C)C(=O)OCCOC(=O)c1ccc(O)c2ccccc12. The molecule has 0 aliphatic heterocycles. The van der Waals surface area contributed by atoms with E-state index >= 15 is 0 Å². The third-order valence-corrected chi connectivity index (χ3v) is 3.02. The number of esters is 2. The van der Waals surface area contributed by atoms with Crippen LogP contribution >= 0.6 is 0 Å². The number of rotatable bonds is 5. The largest absolute Gasteiger partial charge is 0.507 e. The quantitative estimate of drug-likeness (QED) is 0.522. The van der Waals surface area contributed by atoms with Crippen LogP contribution in [0.5, 0.6) is 5.75 Å². The van der Waals surface area contributed by atoms with Gasteiger partial charge >= 0.3 is 11.9 Å². The minimum Gasteiger partial charge on any atom is -0.507 e. The van der Waals surface area contributed by atoms with Gasteiger partial charge in [0.15, 0.2) is 0 Å². The minimum absolute atomic E-state index is 0.0343. The van der Waals surface area contributed by atoms with E-state index in [0.717, 1.165) is 0 Å². The van der Waals surface area contributed by atoms with Gasteiger partial charge in [-0.2, -0.15) is 0 Å². The van der Waals surface area contributed by atoms with Gasteiger partial charge in [0.05, 0.1) is 5.56 Å². The highest BCUT2D eigenvalue weighted by atomic mass is 16.6. The number of carbonyl (C=O) groups is 2. The predicted molar refractivity (Wildman–Crippen MR) is 81.7 cm³/mol. The third kappa shape index (κ3) is 3.44. The summed E-state index contributed by atoms with van der Waals surface area (Å²) >= 11 is 0. The zero-order valence-corrected chi connectivity index (χ0v) is 12.2. The Kier molecular flexibility index (Phi) is 4.78. The maximum atomic E-state index is 12.1. The molecule has 22 heavy (non-hydrogen) atoms. The summed E-state index contributed by atoms with van der Waals surface area (Å²) in [5, 5.41) is 11.0. The predicted octanol–water partition coefficient (Wildman–Crippen LogP) is 2.82. The van der Waals surface area contributed by atoms with E-state index in [4.69, 9.17) is 9.47 Å². The second-order valence-electron chi connectivity index (χ2n) is 4.73. The lowest BCUT2D eigenvalue weighted by atomic mass is 10.0. The second kappa shape index (κ2) is 6.76. The van der Waals surface area contributed by atoms with Crippen LogP contribution in [0.1, 0.15) is 17.3 Å². The zero-order valence-electron chi connectivity index (χ0n) is 12.2. The van der Waals surface area contributed by atoms with E-state index in [1.165, 1.54) is 19.1 Å². The molecule has 0 aliphatic carbocycles. The molecule has 0 fully saturated rings. The standard InChI is InChI=1S/C17H16O5/c1-11(2)16(19)21-9-10-22-17(20)14-7-8-15(18)13-6-4-3-5-12(13)14/h3-8,18H,1,9-10H2,2H3. The smallest absolute Gasteiger partial charge is 0.338 e. The Morgan fingerprint density at radius 2 is 1.68 bits per heavy atom. The second-order valence-corrected chi connectivity index (χ2v) is 4.73. The first-order chi connectivity index (χ1) is 10.5. The Morgan fingerprint density at radius 1 is 1.05 bits per heavy atom. The summed E-state index contributed by atoms with van der Waals surface area (Å²) in [6.45, 7) is 4.91. The zero-order chi connectivity index (χ0) is 16.1. The van der Waals surface area contributed by atoms with Gasteiger partial charge < -0.3 is 14.6 Å². The maximum absolute atomic E-state index is 12.1. The van der Waals surface area contributed by atoms with Crippen molar-refractivity contribution in [2.75, 3.05) is 13.2 Å². The molecule has 0 bridgehead atoms. The van der Waals surface area contributed by atoms with Gasteiger partial charge in [0.25, 0.3) is 0 Å². The summed E-state index contributed by atoms with van der Waals surface area (Å²) in [6, 6.07) is 9.93. The van der Waals surface area contributed by atoms with Crippen LogP contribution in [-0.4, -0.2) is 30.3 Å². The molecule has 0 heterocycles. The van der Waals surface area contributed by atoms with Gasteiger partial charge in [-0.05, 0) is 24.4 Å².